The lowest BCUT2D eigenvalue weighted by Crippen LogP contribution is -2.49. The maximum atomic E-state index is 13.8. The Morgan fingerprint density at radius 1 is 1.19 bits per heavy atom. The van der Waals surface area contributed by atoms with E-state index in [2.05, 4.69) is 0 Å². The zero-order valence-corrected chi connectivity index (χ0v) is 24.0. The van der Waals surface area contributed by atoms with E-state index in [-0.39, 0.29) is 36.0 Å². The molecule has 0 unspecified atom stereocenters. The Labute approximate surface area is 228 Å². The first kappa shape index (κ1) is 27.6. The van der Waals surface area contributed by atoms with E-state index < -0.39 is 10.0 Å². The Kier molecular flexibility index (Phi) is 8.63. The number of carbonyl (C=O) groups is 1. The molecular weight excluding hydrogens is 528 g/mol. The largest absolute Gasteiger partial charge is 0.491 e. The van der Waals surface area contributed by atoms with Crippen LogP contribution >= 0.6 is 22.9 Å². The van der Waals surface area contributed by atoms with E-state index in [0.29, 0.717) is 23.7 Å². The minimum Gasteiger partial charge on any atom is -0.491 e. The van der Waals surface area contributed by atoms with Gasteiger partial charge in [-0.1, -0.05) is 36.2 Å². The predicted octanol–water partition coefficient (Wildman–Crippen LogP) is 6.01. The van der Waals surface area contributed by atoms with Gasteiger partial charge in [-0.3, -0.25) is 4.79 Å². The second-order valence-corrected chi connectivity index (χ2v) is 12.8. The van der Waals surface area contributed by atoms with E-state index >= 15 is 0 Å². The van der Waals surface area contributed by atoms with Crippen molar-refractivity contribution >= 4 is 38.9 Å². The highest BCUT2D eigenvalue weighted by Gasteiger charge is 2.36. The van der Waals surface area contributed by atoms with Crippen molar-refractivity contribution in [3.05, 3.63) is 80.5 Å². The van der Waals surface area contributed by atoms with E-state index in [1.54, 1.807) is 46.6 Å². The number of rotatable bonds is 9. The number of amides is 1. The van der Waals surface area contributed by atoms with E-state index in [0.717, 1.165) is 23.1 Å². The van der Waals surface area contributed by atoms with Crippen LogP contribution in [0.3, 0.4) is 0 Å². The summed E-state index contributed by atoms with van der Waals surface area (Å²) in [6, 6.07) is 13.7. The number of carbonyl (C=O) groups excluding carboxylic acids is 1. The molecule has 3 aromatic rings. The second kappa shape index (κ2) is 11.6. The number of aryl methyl sites for hydroxylation is 2. The Morgan fingerprint density at radius 2 is 1.92 bits per heavy atom. The molecule has 198 valence electrons. The fourth-order valence-electron chi connectivity index (χ4n) is 4.51. The van der Waals surface area contributed by atoms with E-state index in [9.17, 15) is 13.2 Å². The van der Waals surface area contributed by atoms with Crippen LogP contribution in [0.5, 0.6) is 5.75 Å². The molecule has 0 fully saturated rings. The Bertz CT molecular complexity index is 1350. The molecule has 9 heteroatoms. The van der Waals surface area contributed by atoms with Crippen molar-refractivity contribution in [2.24, 2.45) is 0 Å². The van der Waals surface area contributed by atoms with Crippen LogP contribution in [-0.2, 0) is 21.2 Å². The SMILES string of the molecule is CC[C@@H](C)N(CC(=O)N1CCc2sccc2[C@@H]1COc1ccc(Cl)c(C)c1)S(=O)(=O)c1ccc(C)cc1. The minimum absolute atomic E-state index is 0.197. The van der Waals surface area contributed by atoms with Crippen LogP contribution in [-0.4, -0.2) is 49.3 Å². The normalized spacial score (nSPS) is 16.5. The first-order valence-corrected chi connectivity index (χ1v) is 15.1. The van der Waals surface area contributed by atoms with Crippen molar-refractivity contribution < 1.29 is 17.9 Å². The lowest BCUT2D eigenvalue weighted by molar-refractivity contribution is -0.135. The summed E-state index contributed by atoms with van der Waals surface area (Å²) in [7, 11) is -3.85. The number of hydrogen-bond donors (Lipinski definition) is 0. The molecule has 0 saturated carbocycles. The molecule has 4 rings (SSSR count). The van der Waals surface area contributed by atoms with E-state index in [4.69, 9.17) is 16.3 Å². The second-order valence-electron chi connectivity index (χ2n) is 9.49. The lowest BCUT2D eigenvalue weighted by Gasteiger charge is -2.37. The zero-order valence-electron chi connectivity index (χ0n) is 21.6. The van der Waals surface area contributed by atoms with Gasteiger partial charge in [-0.15, -0.1) is 11.3 Å². The van der Waals surface area contributed by atoms with Gasteiger partial charge >= 0.3 is 0 Å². The van der Waals surface area contributed by atoms with Crippen molar-refractivity contribution in [1.82, 2.24) is 9.21 Å². The highest BCUT2D eigenvalue weighted by molar-refractivity contribution is 7.89. The maximum absolute atomic E-state index is 13.8. The van der Waals surface area contributed by atoms with Gasteiger partial charge in [0.15, 0.2) is 0 Å². The van der Waals surface area contributed by atoms with Crippen LogP contribution in [0.2, 0.25) is 5.02 Å². The third kappa shape index (κ3) is 6.03. The summed E-state index contributed by atoms with van der Waals surface area (Å²) in [6.07, 6.45) is 1.33. The summed E-state index contributed by atoms with van der Waals surface area (Å²) in [5.41, 5.74) is 2.95. The molecule has 2 atom stereocenters. The van der Waals surface area contributed by atoms with Gasteiger partial charge in [-0.25, -0.2) is 8.42 Å². The van der Waals surface area contributed by atoms with Gasteiger partial charge in [0.05, 0.1) is 17.5 Å². The van der Waals surface area contributed by atoms with Gasteiger partial charge in [0, 0.05) is 22.5 Å². The molecule has 0 spiro atoms. The summed E-state index contributed by atoms with van der Waals surface area (Å²) in [6.45, 7) is 8.16. The topological polar surface area (TPSA) is 66.9 Å². The number of halogens is 1. The van der Waals surface area contributed by atoms with Gasteiger partial charge in [0.2, 0.25) is 15.9 Å². The first-order valence-electron chi connectivity index (χ1n) is 12.4. The van der Waals surface area contributed by atoms with Crippen molar-refractivity contribution in [3.63, 3.8) is 0 Å². The molecule has 0 N–H and O–H groups in total. The van der Waals surface area contributed by atoms with Gasteiger partial charge in [0.25, 0.3) is 0 Å². The fourth-order valence-corrected chi connectivity index (χ4v) is 7.21. The number of hydrogen-bond acceptors (Lipinski definition) is 5. The third-order valence-electron chi connectivity index (χ3n) is 6.95. The average Bonchev–Trinajstić information content (AvgIpc) is 3.36. The van der Waals surface area contributed by atoms with Crippen molar-refractivity contribution in [3.8, 4) is 5.75 Å². The third-order valence-corrected chi connectivity index (χ3v) is 10.3. The molecule has 0 aliphatic carbocycles. The number of benzene rings is 2. The summed E-state index contributed by atoms with van der Waals surface area (Å²) in [5.74, 6) is 0.452. The molecule has 6 nitrogen and oxygen atoms in total. The Hall–Kier alpha value is -2.39. The molecule has 0 saturated heterocycles. The van der Waals surface area contributed by atoms with E-state index in [1.165, 1.54) is 9.18 Å². The molecule has 37 heavy (non-hydrogen) atoms. The Balaban J connectivity index is 1.59. The Morgan fingerprint density at radius 3 is 2.59 bits per heavy atom. The van der Waals surface area contributed by atoms with Gasteiger partial charge in [-0.05, 0) is 86.5 Å². The number of fused-ring (bicyclic) bond motifs is 1. The first-order chi connectivity index (χ1) is 17.6. The number of thiophene rings is 1. The summed E-state index contributed by atoms with van der Waals surface area (Å²) < 4.78 is 34.7. The molecule has 0 bridgehead atoms. The van der Waals surface area contributed by atoms with Crippen LogP contribution in [0.1, 0.15) is 47.9 Å². The number of ether oxygens (including phenoxy) is 1. The van der Waals surface area contributed by atoms with Crippen LogP contribution in [0.25, 0.3) is 0 Å². The summed E-state index contributed by atoms with van der Waals surface area (Å²) >= 11 is 7.84. The zero-order chi connectivity index (χ0) is 26.7. The number of nitrogens with zero attached hydrogens (tertiary/aromatic N) is 2. The van der Waals surface area contributed by atoms with Crippen molar-refractivity contribution in [1.29, 1.82) is 0 Å². The summed E-state index contributed by atoms with van der Waals surface area (Å²) in [5, 5.41) is 2.70. The smallest absolute Gasteiger partial charge is 0.243 e. The highest BCUT2D eigenvalue weighted by Crippen LogP contribution is 2.35. The molecule has 2 heterocycles. The van der Waals surface area contributed by atoms with Crippen molar-refractivity contribution in [2.75, 3.05) is 19.7 Å². The summed E-state index contributed by atoms with van der Waals surface area (Å²) in [4.78, 5) is 17.0. The molecule has 1 aliphatic heterocycles. The van der Waals surface area contributed by atoms with Crippen LogP contribution in [0.15, 0.2) is 58.8 Å². The van der Waals surface area contributed by atoms with Gasteiger partial charge < -0.3 is 9.64 Å². The maximum Gasteiger partial charge on any atom is 0.243 e. The minimum atomic E-state index is -3.85. The molecule has 1 amide bonds. The quantitative estimate of drug-likeness (QED) is 0.321. The standard InChI is InChI=1S/C28H33ClN2O4S2/c1-5-21(4)31(37(33,34)23-9-6-19(2)7-10-23)17-28(32)30-14-12-27-24(13-15-36-27)26(30)18-35-22-8-11-25(29)20(3)16-22/h6-11,13,15-16,21,26H,5,12,14,17-18H2,1-4H3/t21-,26+/m1/s1. The van der Waals surface area contributed by atoms with Gasteiger partial charge in [-0.2, -0.15) is 4.31 Å². The highest BCUT2D eigenvalue weighted by atomic mass is 35.5. The molecule has 0 radical (unpaired) electrons. The van der Waals surface area contributed by atoms with Crippen LogP contribution in [0.4, 0.5) is 0 Å². The monoisotopic (exact) mass is 560 g/mol. The predicted molar refractivity (Wildman–Crippen MR) is 149 cm³/mol. The number of sulfonamides is 1. The fraction of sp³-hybridized carbons (Fsp3) is 0.393. The van der Waals surface area contributed by atoms with Gasteiger partial charge in [0.1, 0.15) is 12.4 Å². The molecule has 2 aromatic carbocycles. The van der Waals surface area contributed by atoms with E-state index in [1.807, 2.05) is 51.3 Å². The lowest BCUT2D eigenvalue weighted by atomic mass is 10.0. The molecular formula is C28H33ClN2O4S2. The van der Waals surface area contributed by atoms with Crippen LogP contribution in [0, 0.1) is 13.8 Å². The van der Waals surface area contributed by atoms with Crippen LogP contribution < -0.4 is 4.74 Å². The molecule has 1 aromatic heterocycles. The average molecular weight is 561 g/mol. The molecule has 1 aliphatic rings. The van der Waals surface area contributed by atoms with Crippen molar-refractivity contribution in [2.45, 2.75) is 57.5 Å².